The number of piperidine rings is 1. The van der Waals surface area contributed by atoms with Crippen LogP contribution in [0, 0.1) is 11.8 Å². The second-order valence-electron chi connectivity index (χ2n) is 18.7. The van der Waals surface area contributed by atoms with Crippen LogP contribution in [0.5, 0.6) is 0 Å². The predicted molar refractivity (Wildman–Crippen MR) is 333 cm³/mol. The van der Waals surface area contributed by atoms with Crippen LogP contribution in [-0.4, -0.2) is 29.9 Å². The molecule has 8 rings (SSSR count). The van der Waals surface area contributed by atoms with E-state index in [1.807, 2.05) is 47.6 Å². The fourth-order valence-electron chi connectivity index (χ4n) is 10.6. The summed E-state index contributed by atoms with van der Waals surface area (Å²) in [4.78, 5) is 15.1. The molecule has 0 bridgehead atoms. The Bertz CT molecular complexity index is 3070. The topological polar surface area (TPSA) is 31.2 Å². The first-order valence-corrected chi connectivity index (χ1v) is 28.2. The van der Waals surface area contributed by atoms with Crippen molar-refractivity contribution in [3.8, 4) is 0 Å². The van der Waals surface area contributed by atoms with Gasteiger partial charge in [-0.15, -0.1) is 0 Å². The first kappa shape index (κ1) is 58.8. The monoisotopic (exact) mass is 997 g/mol. The van der Waals surface area contributed by atoms with Crippen LogP contribution in [0.25, 0.3) is 22.4 Å². The Labute approximate surface area is 453 Å². The van der Waals surface area contributed by atoms with Gasteiger partial charge in [0.2, 0.25) is 0 Å². The minimum atomic E-state index is 0.243. The maximum absolute atomic E-state index is 5.42. The van der Waals surface area contributed by atoms with Crippen molar-refractivity contribution in [3.05, 3.63) is 232 Å². The van der Waals surface area contributed by atoms with Crippen molar-refractivity contribution in [2.24, 2.45) is 21.8 Å². The molecule has 0 radical (unpaired) electrons. The molecule has 0 aromatic heterocycles. The number of fused-ring (bicyclic) bond motifs is 2. The van der Waals surface area contributed by atoms with Crippen molar-refractivity contribution >= 4 is 51.9 Å². The number of aliphatic imine (C=N–C) groups is 2. The molecule has 75 heavy (non-hydrogen) atoms. The average Bonchev–Trinajstić information content (AvgIpc) is 3.84. The molecule has 4 unspecified atom stereocenters. The Morgan fingerprint density at radius 3 is 2.31 bits per heavy atom. The van der Waals surface area contributed by atoms with Crippen molar-refractivity contribution in [1.82, 2.24) is 4.90 Å². The van der Waals surface area contributed by atoms with Gasteiger partial charge in [0.05, 0.1) is 24.0 Å². The molecule has 1 fully saturated rings. The third-order valence-electron chi connectivity index (χ3n) is 14.2. The highest BCUT2D eigenvalue weighted by Gasteiger charge is 2.36. The third-order valence-corrected chi connectivity index (χ3v) is 14.2. The normalized spacial score (nSPS) is 19.6. The van der Waals surface area contributed by atoms with E-state index < -0.39 is 0 Å². The van der Waals surface area contributed by atoms with Crippen LogP contribution < -0.4 is 15.3 Å². The molecule has 1 saturated heterocycles. The van der Waals surface area contributed by atoms with E-state index in [2.05, 4.69) is 246 Å². The number of likely N-dealkylation sites (tertiary alicyclic amines) is 1. The van der Waals surface area contributed by atoms with Crippen LogP contribution in [0.4, 0.5) is 17.1 Å². The smallest absolute Gasteiger partial charge is 0.0794 e. The lowest BCUT2D eigenvalue weighted by atomic mass is 9.78. The molecule has 0 spiro atoms. The lowest BCUT2D eigenvalue weighted by molar-refractivity contribution is 0.170. The van der Waals surface area contributed by atoms with Gasteiger partial charge in [-0.25, -0.2) is 0 Å². The highest BCUT2D eigenvalue weighted by atomic mass is 15.2. The molecule has 2 aliphatic heterocycles. The number of nitrogens with zero attached hydrogens (tertiary/aromatic N) is 4. The summed E-state index contributed by atoms with van der Waals surface area (Å²) in [6, 6.07) is 38.1. The lowest BCUT2D eigenvalue weighted by Gasteiger charge is -2.46. The highest BCUT2D eigenvalue weighted by molar-refractivity contribution is 6.20. The second kappa shape index (κ2) is 30.4. The molecule has 4 nitrogen and oxygen atoms in total. The van der Waals surface area contributed by atoms with E-state index in [1.54, 1.807) is 0 Å². The average molecular weight is 998 g/mol. The standard InChI is InChI=1S/C65H70N4.3C2H6/c1-9-14-32-54(25-12-4)69-56(40-46(6)47(7)62(69)26-13-5)42-52(24-11-3)53-37-39-63-60(43-53)61(57-34-20-18-28-49(57)23-10-2)45-68(63)55-33-22-27-48(41-55)44-67-64(51-30-16-15-17-31-51)59-38-36-50-29-19-21-35-58(50)65(59)66-8;3*1-2/h9-10,12-14,16,18-23,25-39,41-43,46-47,52,62H,2,8,11,15,17,24,40,44-45H2,1,3-7H3;3*1-2H3/b14-9-,25-12-,26-13-,49-23-,54-32+,56-42+,61-57+,67-64?;;;. The van der Waals surface area contributed by atoms with Gasteiger partial charge in [-0.1, -0.05) is 215 Å². The molecular formula is C71H88N4. The Kier molecular flexibility index (Phi) is 23.8. The van der Waals surface area contributed by atoms with Crippen molar-refractivity contribution in [2.75, 3.05) is 11.4 Å². The van der Waals surface area contributed by atoms with Gasteiger partial charge in [0.25, 0.3) is 0 Å². The Balaban J connectivity index is 0.00000167. The molecule has 5 aromatic rings. The fourth-order valence-corrected chi connectivity index (χ4v) is 10.6. The van der Waals surface area contributed by atoms with Crippen LogP contribution in [0.3, 0.4) is 0 Å². The molecule has 5 aromatic carbocycles. The van der Waals surface area contributed by atoms with Crippen LogP contribution in [0.1, 0.15) is 143 Å². The number of allylic oxidation sites excluding steroid dienone is 13. The SMILES string of the molecule is C=C/C=c1/cccc/c1=C1/CN(c2cccc(CN=C(C3=CCCC=C3)c3ccc4ccccc4c3N=C)c2)c2ccc(C(/C=C3\CC(C)C(C)C(/C=C\C)N3C(/C=C\C)=C/C=C\C)CCC)cc21.CC.CC.CC. The zero-order valence-electron chi connectivity index (χ0n) is 47.8. The summed E-state index contributed by atoms with van der Waals surface area (Å²) in [5.74, 6) is 1.29. The molecule has 4 atom stereocenters. The van der Waals surface area contributed by atoms with Gasteiger partial charge >= 0.3 is 0 Å². The molecule has 1 aliphatic carbocycles. The zero-order valence-corrected chi connectivity index (χ0v) is 47.8. The maximum atomic E-state index is 5.42. The Morgan fingerprint density at radius 1 is 0.827 bits per heavy atom. The number of benzene rings is 5. The second-order valence-corrected chi connectivity index (χ2v) is 18.7. The summed E-state index contributed by atoms with van der Waals surface area (Å²) in [5, 5.41) is 4.65. The fraction of sp³-hybridized carbons (Fsp3) is 0.324. The molecule has 2 heterocycles. The van der Waals surface area contributed by atoms with Gasteiger partial charge in [0.15, 0.2) is 0 Å². The largest absolute Gasteiger partial charge is 0.338 e. The van der Waals surface area contributed by atoms with Gasteiger partial charge < -0.3 is 9.80 Å². The van der Waals surface area contributed by atoms with E-state index in [0.29, 0.717) is 18.4 Å². The summed E-state index contributed by atoms with van der Waals surface area (Å²) < 4.78 is 0. The summed E-state index contributed by atoms with van der Waals surface area (Å²) in [6.07, 6.45) is 34.3. The van der Waals surface area contributed by atoms with E-state index in [4.69, 9.17) is 4.99 Å². The number of anilines is 2. The Morgan fingerprint density at radius 2 is 1.60 bits per heavy atom. The van der Waals surface area contributed by atoms with Gasteiger partial charge in [0, 0.05) is 51.7 Å². The Hall–Kier alpha value is -7.04. The predicted octanol–water partition coefficient (Wildman–Crippen LogP) is 18.6. The van der Waals surface area contributed by atoms with E-state index in [1.165, 1.54) is 44.2 Å². The lowest BCUT2D eigenvalue weighted by Crippen LogP contribution is -2.44. The van der Waals surface area contributed by atoms with E-state index >= 15 is 0 Å². The first-order valence-electron chi connectivity index (χ1n) is 28.2. The molecule has 0 amide bonds. The van der Waals surface area contributed by atoms with Crippen molar-refractivity contribution in [3.63, 3.8) is 0 Å². The summed E-state index contributed by atoms with van der Waals surface area (Å²) in [5.41, 5.74) is 14.1. The molecule has 3 aliphatic rings. The quantitative estimate of drug-likeness (QED) is 0.0594. The van der Waals surface area contributed by atoms with Crippen LogP contribution in [0.15, 0.2) is 210 Å². The van der Waals surface area contributed by atoms with Gasteiger partial charge in [-0.05, 0) is 146 Å². The van der Waals surface area contributed by atoms with Crippen LogP contribution >= 0.6 is 0 Å². The first-order chi connectivity index (χ1) is 36.8. The zero-order chi connectivity index (χ0) is 54.3. The number of hydrogen-bond acceptors (Lipinski definition) is 4. The third kappa shape index (κ3) is 14.0. The van der Waals surface area contributed by atoms with Crippen molar-refractivity contribution < 1.29 is 0 Å². The van der Waals surface area contributed by atoms with Gasteiger partial charge in [-0.3, -0.25) is 9.98 Å². The number of hydrogen-bond donors (Lipinski definition) is 0. The van der Waals surface area contributed by atoms with Crippen molar-refractivity contribution in [1.29, 1.82) is 0 Å². The minimum Gasteiger partial charge on any atom is -0.338 e. The maximum Gasteiger partial charge on any atom is 0.0794 e. The molecule has 4 heteroatoms. The van der Waals surface area contributed by atoms with Crippen LogP contribution in [0.2, 0.25) is 0 Å². The van der Waals surface area contributed by atoms with Crippen LogP contribution in [-0.2, 0) is 6.54 Å². The van der Waals surface area contributed by atoms with Gasteiger partial charge in [-0.2, -0.15) is 0 Å². The van der Waals surface area contributed by atoms with E-state index in [-0.39, 0.29) is 12.0 Å². The molecular weight excluding hydrogens is 909 g/mol. The number of rotatable bonds is 15. The molecule has 0 N–H and O–H groups in total. The summed E-state index contributed by atoms with van der Waals surface area (Å²) in [7, 11) is 0. The van der Waals surface area contributed by atoms with E-state index in [0.717, 1.165) is 83.2 Å². The van der Waals surface area contributed by atoms with Crippen molar-refractivity contribution in [2.45, 2.75) is 134 Å². The van der Waals surface area contributed by atoms with E-state index in [9.17, 15) is 0 Å². The highest BCUT2D eigenvalue weighted by Crippen LogP contribution is 2.44. The molecule has 392 valence electrons. The minimum absolute atomic E-state index is 0.243. The van der Waals surface area contributed by atoms with Gasteiger partial charge in [0.1, 0.15) is 0 Å². The summed E-state index contributed by atoms with van der Waals surface area (Å²) in [6.45, 7) is 35.0. The summed E-state index contributed by atoms with van der Waals surface area (Å²) >= 11 is 0. The molecule has 0 saturated carbocycles.